The Morgan fingerprint density at radius 1 is 1.33 bits per heavy atom. The van der Waals surface area contributed by atoms with Crippen molar-refractivity contribution in [1.82, 2.24) is 4.90 Å². The van der Waals surface area contributed by atoms with Gasteiger partial charge in [0.2, 0.25) is 0 Å². The van der Waals surface area contributed by atoms with Crippen LogP contribution in [0, 0.1) is 11.3 Å². The smallest absolute Gasteiger partial charge is 0.163 e. The lowest BCUT2D eigenvalue weighted by Crippen LogP contribution is -2.37. The van der Waals surface area contributed by atoms with Gasteiger partial charge in [-0.3, -0.25) is 4.90 Å². The zero-order valence-corrected chi connectivity index (χ0v) is 12.3. The number of anilines is 1. The minimum absolute atomic E-state index is 0.396. The standard InChI is InChI=1S/C15H21N3O3/c1-19-14-9-12(11-16)13(17)10-15(14)21-6-2-3-18-4-7-20-8-5-18/h9-10H,2-8,17H2,1H3. The van der Waals surface area contributed by atoms with Crippen LogP contribution in [-0.2, 0) is 4.74 Å². The predicted molar refractivity (Wildman–Crippen MR) is 79.5 cm³/mol. The van der Waals surface area contributed by atoms with Crippen molar-refractivity contribution >= 4 is 5.69 Å². The van der Waals surface area contributed by atoms with E-state index in [9.17, 15) is 0 Å². The number of ether oxygens (including phenoxy) is 3. The molecule has 1 saturated heterocycles. The van der Waals surface area contributed by atoms with Crippen molar-refractivity contribution in [2.24, 2.45) is 0 Å². The van der Waals surface area contributed by atoms with Crippen LogP contribution >= 0.6 is 0 Å². The maximum absolute atomic E-state index is 8.95. The number of hydrogen-bond donors (Lipinski definition) is 1. The molecule has 1 fully saturated rings. The number of hydrogen-bond acceptors (Lipinski definition) is 6. The van der Waals surface area contributed by atoms with E-state index in [2.05, 4.69) is 4.90 Å². The van der Waals surface area contributed by atoms with Gasteiger partial charge in [-0.05, 0) is 6.42 Å². The summed E-state index contributed by atoms with van der Waals surface area (Å²) >= 11 is 0. The second kappa shape index (κ2) is 7.72. The SMILES string of the molecule is COc1cc(C#N)c(N)cc1OCCCN1CCOCC1. The molecule has 0 aromatic heterocycles. The fraction of sp³-hybridized carbons (Fsp3) is 0.533. The molecule has 21 heavy (non-hydrogen) atoms. The van der Waals surface area contributed by atoms with Gasteiger partial charge in [-0.2, -0.15) is 5.26 Å². The number of nitriles is 1. The number of methoxy groups -OCH3 is 1. The van der Waals surface area contributed by atoms with Gasteiger partial charge in [0, 0.05) is 31.8 Å². The highest BCUT2D eigenvalue weighted by Crippen LogP contribution is 2.31. The summed E-state index contributed by atoms with van der Waals surface area (Å²) < 4.78 is 16.3. The summed E-state index contributed by atoms with van der Waals surface area (Å²) in [6.07, 6.45) is 0.920. The lowest BCUT2D eigenvalue weighted by atomic mass is 10.2. The molecule has 1 aliphatic rings. The predicted octanol–water partition coefficient (Wildman–Crippen LogP) is 1.25. The first-order chi connectivity index (χ1) is 10.2. The second-order valence-corrected chi connectivity index (χ2v) is 4.86. The van der Waals surface area contributed by atoms with Crippen molar-refractivity contribution in [2.75, 3.05) is 52.3 Å². The first kappa shape index (κ1) is 15.4. The second-order valence-electron chi connectivity index (χ2n) is 4.86. The van der Waals surface area contributed by atoms with E-state index in [1.54, 1.807) is 19.2 Å². The van der Waals surface area contributed by atoms with Crippen LogP contribution in [0.5, 0.6) is 11.5 Å². The van der Waals surface area contributed by atoms with E-state index in [4.69, 9.17) is 25.2 Å². The molecule has 0 atom stereocenters. The van der Waals surface area contributed by atoms with Crippen molar-refractivity contribution in [3.63, 3.8) is 0 Å². The van der Waals surface area contributed by atoms with E-state index in [0.717, 1.165) is 39.3 Å². The number of benzene rings is 1. The molecule has 1 heterocycles. The van der Waals surface area contributed by atoms with Crippen LogP contribution in [0.4, 0.5) is 5.69 Å². The molecule has 1 aromatic rings. The molecule has 2 N–H and O–H groups in total. The van der Waals surface area contributed by atoms with Gasteiger partial charge >= 0.3 is 0 Å². The van der Waals surface area contributed by atoms with E-state index >= 15 is 0 Å². The summed E-state index contributed by atoms with van der Waals surface area (Å²) in [7, 11) is 1.55. The van der Waals surface area contributed by atoms with Gasteiger partial charge in [0.25, 0.3) is 0 Å². The molecular formula is C15H21N3O3. The van der Waals surface area contributed by atoms with Crippen molar-refractivity contribution < 1.29 is 14.2 Å². The normalized spacial score (nSPS) is 15.4. The Morgan fingerprint density at radius 2 is 2.10 bits per heavy atom. The van der Waals surface area contributed by atoms with Gasteiger partial charge in [-0.1, -0.05) is 0 Å². The minimum Gasteiger partial charge on any atom is -0.493 e. The third-order valence-corrected chi connectivity index (χ3v) is 3.44. The summed E-state index contributed by atoms with van der Waals surface area (Å²) in [5, 5.41) is 8.95. The molecule has 114 valence electrons. The van der Waals surface area contributed by atoms with Crippen LogP contribution in [0.2, 0.25) is 0 Å². The first-order valence-corrected chi connectivity index (χ1v) is 7.05. The number of nitrogens with zero attached hydrogens (tertiary/aromatic N) is 2. The van der Waals surface area contributed by atoms with Crippen molar-refractivity contribution in [2.45, 2.75) is 6.42 Å². The fourth-order valence-electron chi connectivity index (χ4n) is 2.24. The molecule has 6 nitrogen and oxygen atoms in total. The van der Waals surface area contributed by atoms with Crippen LogP contribution in [0.3, 0.4) is 0 Å². The maximum atomic E-state index is 8.95. The van der Waals surface area contributed by atoms with Crippen LogP contribution in [0.1, 0.15) is 12.0 Å². The molecule has 0 saturated carbocycles. The van der Waals surface area contributed by atoms with Crippen LogP contribution in [-0.4, -0.2) is 51.5 Å². The number of morpholine rings is 1. The summed E-state index contributed by atoms with van der Waals surface area (Å²) in [4.78, 5) is 2.36. The molecule has 0 unspecified atom stereocenters. The number of rotatable bonds is 6. The van der Waals surface area contributed by atoms with Crippen LogP contribution in [0.15, 0.2) is 12.1 Å². The fourth-order valence-corrected chi connectivity index (χ4v) is 2.24. The minimum atomic E-state index is 0.396. The van der Waals surface area contributed by atoms with Crippen molar-refractivity contribution in [3.05, 3.63) is 17.7 Å². The molecule has 0 radical (unpaired) electrons. The van der Waals surface area contributed by atoms with Gasteiger partial charge in [-0.15, -0.1) is 0 Å². The van der Waals surface area contributed by atoms with E-state index in [1.165, 1.54) is 0 Å². The molecule has 6 heteroatoms. The summed E-state index contributed by atoms with van der Waals surface area (Å²) in [5.41, 5.74) is 6.60. The Labute approximate surface area is 125 Å². The summed E-state index contributed by atoms with van der Waals surface area (Å²) in [6, 6.07) is 5.28. The van der Waals surface area contributed by atoms with Gasteiger partial charge in [0.05, 0.1) is 38.2 Å². The van der Waals surface area contributed by atoms with Gasteiger partial charge < -0.3 is 19.9 Å². The highest BCUT2D eigenvalue weighted by atomic mass is 16.5. The Balaban J connectivity index is 1.85. The molecule has 1 aliphatic heterocycles. The number of nitrogen functional groups attached to an aromatic ring is 1. The Morgan fingerprint density at radius 3 is 2.76 bits per heavy atom. The van der Waals surface area contributed by atoms with E-state index in [1.807, 2.05) is 6.07 Å². The topological polar surface area (TPSA) is 80.7 Å². The lowest BCUT2D eigenvalue weighted by molar-refractivity contribution is 0.0357. The van der Waals surface area contributed by atoms with Gasteiger partial charge in [0.15, 0.2) is 11.5 Å². The number of nitrogens with two attached hydrogens (primary N) is 1. The Hall–Kier alpha value is -1.97. The molecule has 0 aliphatic carbocycles. The molecule has 0 bridgehead atoms. The van der Waals surface area contributed by atoms with Crippen LogP contribution in [0.25, 0.3) is 0 Å². The largest absolute Gasteiger partial charge is 0.493 e. The lowest BCUT2D eigenvalue weighted by Gasteiger charge is -2.26. The zero-order valence-electron chi connectivity index (χ0n) is 12.3. The molecule has 0 amide bonds. The third-order valence-electron chi connectivity index (χ3n) is 3.44. The van der Waals surface area contributed by atoms with Crippen LogP contribution < -0.4 is 15.2 Å². The highest BCUT2D eigenvalue weighted by molar-refractivity contribution is 5.62. The van der Waals surface area contributed by atoms with E-state index in [-0.39, 0.29) is 0 Å². The zero-order chi connectivity index (χ0) is 15.1. The first-order valence-electron chi connectivity index (χ1n) is 7.05. The quantitative estimate of drug-likeness (QED) is 0.627. The van der Waals surface area contributed by atoms with E-state index < -0.39 is 0 Å². The molecule has 0 spiro atoms. The average Bonchev–Trinajstić information content (AvgIpc) is 2.52. The molecular weight excluding hydrogens is 270 g/mol. The van der Waals surface area contributed by atoms with Gasteiger partial charge in [0.1, 0.15) is 6.07 Å². The third kappa shape index (κ3) is 4.25. The van der Waals surface area contributed by atoms with Crippen molar-refractivity contribution in [1.29, 1.82) is 5.26 Å². The monoisotopic (exact) mass is 291 g/mol. The maximum Gasteiger partial charge on any atom is 0.163 e. The Kier molecular flexibility index (Phi) is 5.67. The highest BCUT2D eigenvalue weighted by Gasteiger charge is 2.11. The molecule has 2 rings (SSSR count). The van der Waals surface area contributed by atoms with E-state index in [0.29, 0.717) is 29.4 Å². The average molecular weight is 291 g/mol. The van der Waals surface area contributed by atoms with Crippen molar-refractivity contribution in [3.8, 4) is 17.6 Å². The van der Waals surface area contributed by atoms with Gasteiger partial charge in [-0.25, -0.2) is 0 Å². The summed E-state index contributed by atoms with van der Waals surface area (Å²) in [5.74, 6) is 1.11. The summed E-state index contributed by atoms with van der Waals surface area (Å²) in [6.45, 7) is 5.14. The molecule has 1 aromatic carbocycles. The Bertz CT molecular complexity index is 508.